The minimum atomic E-state index is -1.37. The van der Waals surface area contributed by atoms with Crippen LogP contribution in [0.3, 0.4) is 0 Å². The fraction of sp³-hybridized carbons (Fsp3) is 0.389. The summed E-state index contributed by atoms with van der Waals surface area (Å²) in [6.07, 6.45) is 1.99. The monoisotopic (exact) mass is 374 g/mol. The van der Waals surface area contributed by atoms with Crippen LogP contribution in [0.15, 0.2) is 27.8 Å². The third-order valence-electron chi connectivity index (χ3n) is 4.36. The SMILES string of the molecule is COCCn1c(-c2ccsc2)ncc(C(=O)C2C(=O)CCCC2=O)c1=O. The third kappa shape index (κ3) is 3.42. The maximum Gasteiger partial charge on any atom is 0.264 e. The topological polar surface area (TPSA) is 95.3 Å². The van der Waals surface area contributed by atoms with Gasteiger partial charge in [-0.15, -0.1) is 0 Å². The molecule has 26 heavy (non-hydrogen) atoms. The predicted molar refractivity (Wildman–Crippen MR) is 95.4 cm³/mol. The predicted octanol–water partition coefficient (Wildman–Crippen LogP) is 1.74. The summed E-state index contributed by atoms with van der Waals surface area (Å²) in [6, 6.07) is 1.82. The van der Waals surface area contributed by atoms with Crippen LogP contribution in [0.4, 0.5) is 0 Å². The highest BCUT2D eigenvalue weighted by atomic mass is 32.1. The van der Waals surface area contributed by atoms with Gasteiger partial charge in [0.05, 0.1) is 13.2 Å². The molecular weight excluding hydrogens is 356 g/mol. The molecule has 7 nitrogen and oxygen atoms in total. The zero-order chi connectivity index (χ0) is 18.7. The number of thiophene rings is 1. The van der Waals surface area contributed by atoms with Gasteiger partial charge in [0.25, 0.3) is 5.56 Å². The smallest absolute Gasteiger partial charge is 0.264 e. The molecule has 1 saturated carbocycles. The molecule has 0 aliphatic heterocycles. The lowest BCUT2D eigenvalue weighted by Gasteiger charge is -2.19. The minimum absolute atomic E-state index is 0.181. The van der Waals surface area contributed by atoms with Gasteiger partial charge >= 0.3 is 0 Å². The highest BCUT2D eigenvalue weighted by molar-refractivity contribution is 7.08. The van der Waals surface area contributed by atoms with Crippen LogP contribution in [0.1, 0.15) is 29.6 Å². The van der Waals surface area contributed by atoms with Gasteiger partial charge < -0.3 is 4.74 Å². The quantitative estimate of drug-likeness (QED) is 0.565. The lowest BCUT2D eigenvalue weighted by Crippen LogP contribution is -2.39. The zero-order valence-corrected chi connectivity index (χ0v) is 15.1. The van der Waals surface area contributed by atoms with Gasteiger partial charge in [-0.2, -0.15) is 11.3 Å². The van der Waals surface area contributed by atoms with Crippen LogP contribution in [-0.4, -0.2) is 40.6 Å². The zero-order valence-electron chi connectivity index (χ0n) is 14.3. The average Bonchev–Trinajstić information content (AvgIpc) is 3.14. The number of nitrogens with zero attached hydrogens (tertiary/aromatic N) is 2. The fourth-order valence-corrected chi connectivity index (χ4v) is 3.66. The van der Waals surface area contributed by atoms with E-state index in [1.54, 1.807) is 0 Å². The van der Waals surface area contributed by atoms with Gasteiger partial charge in [-0.25, -0.2) is 4.98 Å². The van der Waals surface area contributed by atoms with Gasteiger partial charge in [0.2, 0.25) is 0 Å². The molecule has 0 unspecified atom stereocenters. The number of hydrogen-bond acceptors (Lipinski definition) is 7. The summed E-state index contributed by atoms with van der Waals surface area (Å²) in [4.78, 5) is 54.0. The van der Waals surface area contributed by atoms with E-state index in [9.17, 15) is 19.2 Å². The maximum atomic E-state index is 12.9. The van der Waals surface area contributed by atoms with E-state index < -0.39 is 28.8 Å². The number of Topliss-reactive ketones (excluding diaryl/α,β-unsaturated/α-hetero) is 3. The summed E-state index contributed by atoms with van der Waals surface area (Å²) in [6.45, 7) is 0.471. The van der Waals surface area contributed by atoms with Crippen molar-refractivity contribution in [1.82, 2.24) is 9.55 Å². The second-order valence-electron chi connectivity index (χ2n) is 6.04. The largest absolute Gasteiger partial charge is 0.383 e. The molecule has 0 atom stereocenters. The number of ether oxygens (including phenoxy) is 1. The second-order valence-corrected chi connectivity index (χ2v) is 6.82. The Bertz CT molecular complexity index is 885. The molecular formula is C18H18N2O5S. The number of aromatic nitrogens is 2. The van der Waals surface area contributed by atoms with E-state index in [-0.39, 0.29) is 31.6 Å². The Morgan fingerprint density at radius 1 is 1.31 bits per heavy atom. The summed E-state index contributed by atoms with van der Waals surface area (Å²) in [5.41, 5.74) is -0.0323. The first-order valence-corrected chi connectivity index (χ1v) is 9.20. The lowest BCUT2D eigenvalue weighted by molar-refractivity contribution is -0.133. The van der Waals surface area contributed by atoms with Crippen molar-refractivity contribution in [2.45, 2.75) is 25.8 Å². The van der Waals surface area contributed by atoms with E-state index in [2.05, 4.69) is 4.98 Å². The molecule has 136 valence electrons. The van der Waals surface area contributed by atoms with Crippen LogP contribution in [-0.2, 0) is 20.9 Å². The van der Waals surface area contributed by atoms with Crippen LogP contribution >= 0.6 is 11.3 Å². The minimum Gasteiger partial charge on any atom is -0.383 e. The number of hydrogen-bond donors (Lipinski definition) is 0. The molecule has 3 rings (SSSR count). The molecule has 0 saturated heterocycles. The highest BCUT2D eigenvalue weighted by Crippen LogP contribution is 2.22. The van der Waals surface area contributed by atoms with Crippen LogP contribution in [0, 0.1) is 5.92 Å². The normalized spacial score (nSPS) is 15.4. The van der Waals surface area contributed by atoms with Crippen LogP contribution in [0.5, 0.6) is 0 Å². The van der Waals surface area contributed by atoms with Crippen LogP contribution < -0.4 is 5.56 Å². The molecule has 1 fully saturated rings. The van der Waals surface area contributed by atoms with Crippen molar-refractivity contribution in [3.63, 3.8) is 0 Å². The van der Waals surface area contributed by atoms with Crippen molar-refractivity contribution in [2.75, 3.05) is 13.7 Å². The van der Waals surface area contributed by atoms with Crippen molar-refractivity contribution in [3.05, 3.63) is 38.9 Å². The number of rotatable bonds is 6. The first-order valence-electron chi connectivity index (χ1n) is 8.25. The molecule has 0 amide bonds. The Morgan fingerprint density at radius 3 is 2.65 bits per heavy atom. The van der Waals surface area contributed by atoms with E-state index in [1.807, 2.05) is 16.8 Å². The van der Waals surface area contributed by atoms with Gasteiger partial charge in [0.1, 0.15) is 17.3 Å². The number of carbonyl (C=O) groups excluding carboxylic acids is 3. The summed E-state index contributed by atoms with van der Waals surface area (Å²) < 4.78 is 6.40. The van der Waals surface area contributed by atoms with E-state index in [4.69, 9.17) is 4.74 Å². The average molecular weight is 374 g/mol. The molecule has 0 aromatic carbocycles. The number of ketones is 3. The van der Waals surface area contributed by atoms with Gasteiger partial charge in [0.15, 0.2) is 17.3 Å². The van der Waals surface area contributed by atoms with Gasteiger partial charge in [-0.3, -0.25) is 23.7 Å². The molecule has 2 aromatic rings. The molecule has 2 heterocycles. The second kappa shape index (κ2) is 7.84. The number of methoxy groups -OCH3 is 1. The Morgan fingerprint density at radius 2 is 2.04 bits per heavy atom. The van der Waals surface area contributed by atoms with Gasteiger partial charge in [0, 0.05) is 37.1 Å². The standard InChI is InChI=1S/C18H18N2O5S/c1-25-7-6-20-17(11-5-8-26-10-11)19-9-12(18(20)24)16(23)15-13(21)3-2-4-14(15)22/h5,8-10,15H,2-4,6-7H2,1H3. The summed E-state index contributed by atoms with van der Waals surface area (Å²) in [5.74, 6) is -2.54. The van der Waals surface area contributed by atoms with Crippen molar-refractivity contribution in [3.8, 4) is 11.4 Å². The fourth-order valence-electron chi connectivity index (χ4n) is 3.03. The summed E-state index contributed by atoms with van der Waals surface area (Å²) in [5, 5.41) is 3.71. The molecule has 0 radical (unpaired) electrons. The van der Waals surface area contributed by atoms with Crippen molar-refractivity contribution in [1.29, 1.82) is 0 Å². The van der Waals surface area contributed by atoms with Crippen molar-refractivity contribution >= 4 is 28.7 Å². The molecule has 8 heteroatoms. The Balaban J connectivity index is 2.05. The summed E-state index contributed by atoms with van der Waals surface area (Å²) in [7, 11) is 1.51. The Labute approximate surface area is 153 Å². The third-order valence-corrected chi connectivity index (χ3v) is 5.05. The Kier molecular flexibility index (Phi) is 5.53. The van der Waals surface area contributed by atoms with Crippen molar-refractivity contribution < 1.29 is 19.1 Å². The van der Waals surface area contributed by atoms with Gasteiger partial charge in [-0.1, -0.05) is 0 Å². The maximum absolute atomic E-state index is 12.9. The van der Waals surface area contributed by atoms with E-state index >= 15 is 0 Å². The van der Waals surface area contributed by atoms with Crippen LogP contribution in [0.2, 0.25) is 0 Å². The molecule has 1 aliphatic carbocycles. The highest BCUT2D eigenvalue weighted by Gasteiger charge is 2.38. The summed E-state index contributed by atoms with van der Waals surface area (Å²) >= 11 is 1.46. The first kappa shape index (κ1) is 18.3. The molecule has 1 aliphatic rings. The molecule has 0 bridgehead atoms. The van der Waals surface area contributed by atoms with E-state index in [0.717, 1.165) is 5.56 Å². The lowest BCUT2D eigenvalue weighted by atomic mass is 9.82. The molecule has 2 aromatic heterocycles. The number of carbonyl (C=O) groups is 3. The van der Waals surface area contributed by atoms with E-state index in [0.29, 0.717) is 12.2 Å². The van der Waals surface area contributed by atoms with Gasteiger partial charge in [-0.05, 0) is 17.9 Å². The van der Waals surface area contributed by atoms with Crippen LogP contribution in [0.25, 0.3) is 11.4 Å². The first-order chi connectivity index (χ1) is 12.5. The van der Waals surface area contributed by atoms with Crippen molar-refractivity contribution in [2.24, 2.45) is 5.92 Å². The Hall–Kier alpha value is -2.45. The molecule has 0 spiro atoms. The van der Waals surface area contributed by atoms with E-state index in [1.165, 1.54) is 29.2 Å². The molecule has 0 N–H and O–H groups in total.